The molecule has 0 rings (SSSR count). The summed E-state index contributed by atoms with van der Waals surface area (Å²) in [6, 6.07) is 0. The van der Waals surface area contributed by atoms with Crippen molar-refractivity contribution in [1.82, 2.24) is 0 Å². The molecule has 0 radical (unpaired) electrons. The van der Waals surface area contributed by atoms with Crippen molar-refractivity contribution in [2.45, 2.75) is 290 Å². The zero-order valence-electron chi connectivity index (χ0n) is 49.5. The molecule has 0 aromatic carbocycles. The fourth-order valence-electron chi connectivity index (χ4n) is 8.51. The van der Waals surface area contributed by atoms with Crippen LogP contribution in [0.4, 0.5) is 0 Å². The molecule has 0 aliphatic carbocycles. The quantitative estimate of drug-likeness (QED) is 0.0261. The van der Waals surface area contributed by atoms with E-state index in [9.17, 15) is 14.4 Å². The van der Waals surface area contributed by atoms with E-state index < -0.39 is 6.10 Å². The van der Waals surface area contributed by atoms with E-state index >= 15 is 0 Å². The number of rotatable bonds is 56. The van der Waals surface area contributed by atoms with E-state index in [2.05, 4.69) is 142 Å². The van der Waals surface area contributed by atoms with Crippen LogP contribution in [0.3, 0.4) is 0 Å². The van der Waals surface area contributed by atoms with Gasteiger partial charge in [0.2, 0.25) is 0 Å². The van der Waals surface area contributed by atoms with E-state index in [4.69, 9.17) is 14.2 Å². The van der Waals surface area contributed by atoms with Gasteiger partial charge in [-0.1, -0.05) is 258 Å². The molecule has 0 spiro atoms. The minimum Gasteiger partial charge on any atom is -0.462 e. The highest BCUT2D eigenvalue weighted by Crippen LogP contribution is 2.15. The van der Waals surface area contributed by atoms with Gasteiger partial charge in [0, 0.05) is 19.3 Å². The van der Waals surface area contributed by atoms with Crippen molar-refractivity contribution in [1.29, 1.82) is 0 Å². The fraction of sp³-hybridized carbons (Fsp3) is 0.671. The van der Waals surface area contributed by atoms with Crippen molar-refractivity contribution in [3.63, 3.8) is 0 Å². The lowest BCUT2D eigenvalue weighted by Crippen LogP contribution is -2.30. The molecular formula is C70H116O6. The van der Waals surface area contributed by atoms with Crippen molar-refractivity contribution in [3.05, 3.63) is 122 Å². The highest BCUT2D eigenvalue weighted by atomic mass is 16.6. The number of ether oxygens (including phenoxy) is 3. The maximum absolute atomic E-state index is 12.9. The lowest BCUT2D eigenvalue weighted by molar-refractivity contribution is -0.167. The van der Waals surface area contributed by atoms with Gasteiger partial charge in [-0.25, -0.2) is 0 Å². The average molecular weight is 1050 g/mol. The average Bonchev–Trinajstić information content (AvgIpc) is 3.42. The summed E-state index contributed by atoms with van der Waals surface area (Å²) >= 11 is 0. The summed E-state index contributed by atoms with van der Waals surface area (Å²) in [5.41, 5.74) is 0. The Labute approximate surface area is 469 Å². The first-order chi connectivity index (χ1) is 37.5. The first kappa shape index (κ1) is 71.8. The Hall–Kier alpha value is -4.19. The van der Waals surface area contributed by atoms with Gasteiger partial charge in [0.25, 0.3) is 0 Å². The molecule has 0 saturated carbocycles. The minimum absolute atomic E-state index is 0.0893. The minimum atomic E-state index is -0.793. The molecule has 1 unspecified atom stereocenters. The van der Waals surface area contributed by atoms with Crippen LogP contribution in [0, 0.1) is 0 Å². The van der Waals surface area contributed by atoms with Crippen LogP contribution in [0.1, 0.15) is 284 Å². The third-order valence-electron chi connectivity index (χ3n) is 13.2. The molecule has 0 bridgehead atoms. The molecule has 0 N–H and O–H groups in total. The summed E-state index contributed by atoms with van der Waals surface area (Å²) in [4.78, 5) is 38.3. The first-order valence-electron chi connectivity index (χ1n) is 31.5. The summed E-state index contributed by atoms with van der Waals surface area (Å²) in [5, 5.41) is 0. The van der Waals surface area contributed by atoms with Crippen molar-refractivity contribution in [2.24, 2.45) is 0 Å². The third-order valence-corrected chi connectivity index (χ3v) is 13.2. The second kappa shape index (κ2) is 63.3. The second-order valence-electron chi connectivity index (χ2n) is 20.5. The highest BCUT2D eigenvalue weighted by Gasteiger charge is 2.19. The normalized spacial score (nSPS) is 12.9. The van der Waals surface area contributed by atoms with Gasteiger partial charge in [0.15, 0.2) is 6.10 Å². The summed E-state index contributed by atoms with van der Waals surface area (Å²) in [6.45, 7) is 6.38. The molecule has 6 heteroatoms. The molecular weight excluding hydrogens is 937 g/mol. The van der Waals surface area contributed by atoms with Gasteiger partial charge in [-0.15, -0.1) is 0 Å². The molecule has 0 aliphatic heterocycles. The van der Waals surface area contributed by atoms with Crippen LogP contribution < -0.4 is 0 Å². The Kier molecular flexibility index (Phi) is 59.9. The molecule has 1 atom stereocenters. The molecule has 76 heavy (non-hydrogen) atoms. The van der Waals surface area contributed by atoms with Crippen LogP contribution in [0.5, 0.6) is 0 Å². The standard InChI is InChI=1S/C70H116O6/c1-4-7-10-13-16-19-22-25-27-29-31-33-35-37-39-41-43-45-48-51-54-57-60-63-69(72)75-66-67(65-74-68(71)62-59-56-53-50-47-24-21-18-15-12-9-6-3)76-70(73)64-61-58-55-52-49-46-44-42-40-38-36-34-32-30-28-26-23-20-17-14-11-8-5-2/h7-8,10-11,16-21,25-28,31-34,37,39,67H,4-6,9,12-15,22-24,29-30,35-36,38,40-66H2,1-3H3/b10-7-,11-8-,19-16-,20-17-,21-18-,27-25-,28-26-,33-31-,34-32-,39-37-. The molecule has 0 fully saturated rings. The monoisotopic (exact) mass is 1050 g/mol. The van der Waals surface area contributed by atoms with E-state index in [0.717, 1.165) is 128 Å². The van der Waals surface area contributed by atoms with Crippen LogP contribution in [0.2, 0.25) is 0 Å². The molecule has 0 amide bonds. The predicted octanol–water partition coefficient (Wildman–Crippen LogP) is 21.6. The van der Waals surface area contributed by atoms with E-state index in [1.165, 1.54) is 116 Å². The Morgan fingerprint density at radius 1 is 0.276 bits per heavy atom. The van der Waals surface area contributed by atoms with Gasteiger partial charge in [0.1, 0.15) is 13.2 Å². The molecule has 0 saturated heterocycles. The fourth-order valence-corrected chi connectivity index (χ4v) is 8.51. The maximum atomic E-state index is 12.9. The van der Waals surface area contributed by atoms with Gasteiger partial charge in [-0.3, -0.25) is 14.4 Å². The van der Waals surface area contributed by atoms with Gasteiger partial charge < -0.3 is 14.2 Å². The number of unbranched alkanes of at least 4 members (excludes halogenated alkanes) is 25. The summed E-state index contributed by atoms with van der Waals surface area (Å²) in [6.07, 6.45) is 87.7. The maximum Gasteiger partial charge on any atom is 0.306 e. The lowest BCUT2D eigenvalue weighted by Gasteiger charge is -2.18. The van der Waals surface area contributed by atoms with Crippen molar-refractivity contribution in [2.75, 3.05) is 13.2 Å². The third kappa shape index (κ3) is 60.7. The summed E-state index contributed by atoms with van der Waals surface area (Å²) < 4.78 is 16.9. The molecule has 0 aromatic heterocycles. The number of hydrogen-bond acceptors (Lipinski definition) is 6. The van der Waals surface area contributed by atoms with Gasteiger partial charge in [0.05, 0.1) is 0 Å². The number of carbonyl (C=O) groups excluding carboxylic acids is 3. The first-order valence-corrected chi connectivity index (χ1v) is 31.5. The molecule has 0 aliphatic rings. The predicted molar refractivity (Wildman–Crippen MR) is 330 cm³/mol. The molecule has 6 nitrogen and oxygen atoms in total. The van der Waals surface area contributed by atoms with Crippen LogP contribution in [-0.2, 0) is 28.6 Å². The Morgan fingerprint density at radius 2 is 0.513 bits per heavy atom. The summed E-state index contributed by atoms with van der Waals surface area (Å²) in [7, 11) is 0. The van der Waals surface area contributed by atoms with Gasteiger partial charge in [-0.05, 0) is 128 Å². The smallest absolute Gasteiger partial charge is 0.306 e. The van der Waals surface area contributed by atoms with Gasteiger partial charge in [-0.2, -0.15) is 0 Å². The molecule has 0 heterocycles. The van der Waals surface area contributed by atoms with Crippen LogP contribution in [0.25, 0.3) is 0 Å². The SMILES string of the molecule is CC/C=C\C/C=C\C/C=C\C/C=C\C/C=C\CCCCCCCCCC(=O)OCC(COC(=O)CCCCCCC/C=C\CCCCC)OC(=O)CCCCCCCCCCCC/C=C\C/C=C\C/C=C\C/C=C\CC. The number of allylic oxidation sites excluding steroid dienone is 20. The number of hydrogen-bond donors (Lipinski definition) is 0. The van der Waals surface area contributed by atoms with Crippen molar-refractivity contribution < 1.29 is 28.6 Å². The van der Waals surface area contributed by atoms with Crippen LogP contribution in [-0.4, -0.2) is 37.2 Å². The number of esters is 3. The Morgan fingerprint density at radius 3 is 0.816 bits per heavy atom. The van der Waals surface area contributed by atoms with E-state index in [1.807, 2.05) is 0 Å². The van der Waals surface area contributed by atoms with Crippen molar-refractivity contribution in [3.8, 4) is 0 Å². The topological polar surface area (TPSA) is 78.9 Å². The van der Waals surface area contributed by atoms with Crippen LogP contribution >= 0.6 is 0 Å². The van der Waals surface area contributed by atoms with E-state index in [0.29, 0.717) is 19.3 Å². The Bertz CT molecular complexity index is 1590. The Balaban J connectivity index is 4.36. The zero-order valence-corrected chi connectivity index (χ0v) is 49.5. The summed E-state index contributed by atoms with van der Waals surface area (Å²) in [5.74, 6) is -0.910. The van der Waals surface area contributed by atoms with Gasteiger partial charge >= 0.3 is 17.9 Å². The highest BCUT2D eigenvalue weighted by molar-refractivity contribution is 5.71. The molecule has 0 aromatic rings. The zero-order chi connectivity index (χ0) is 55.0. The van der Waals surface area contributed by atoms with E-state index in [1.54, 1.807) is 0 Å². The molecule has 432 valence electrons. The number of carbonyl (C=O) groups is 3. The van der Waals surface area contributed by atoms with Crippen molar-refractivity contribution >= 4 is 17.9 Å². The second-order valence-corrected chi connectivity index (χ2v) is 20.5. The van der Waals surface area contributed by atoms with Crippen LogP contribution in [0.15, 0.2) is 122 Å². The lowest BCUT2D eigenvalue weighted by atomic mass is 10.0. The largest absolute Gasteiger partial charge is 0.462 e. The van der Waals surface area contributed by atoms with E-state index in [-0.39, 0.29) is 31.1 Å².